The van der Waals surface area contributed by atoms with Gasteiger partial charge in [0.2, 0.25) is 5.91 Å². The summed E-state index contributed by atoms with van der Waals surface area (Å²) in [6.45, 7) is 6.75. The highest BCUT2D eigenvalue weighted by atomic mass is 16.2. The lowest BCUT2D eigenvalue weighted by Crippen LogP contribution is -2.48. The molecule has 150 valence electrons. The highest BCUT2D eigenvalue weighted by Crippen LogP contribution is 2.59. The van der Waals surface area contributed by atoms with Gasteiger partial charge in [0.15, 0.2) is 0 Å². The Labute approximate surface area is 167 Å². The maximum Gasteiger partial charge on any atom is 0.272 e. The lowest BCUT2D eigenvalue weighted by atomic mass is 9.48. The topological polar surface area (TPSA) is 62.3 Å². The molecular formula is C23H31N3O2. The summed E-state index contributed by atoms with van der Waals surface area (Å²) in [4.78, 5) is 31.0. The van der Waals surface area contributed by atoms with Crippen LogP contribution in [0.5, 0.6) is 0 Å². The lowest BCUT2D eigenvalue weighted by Gasteiger charge is -2.56. The van der Waals surface area contributed by atoms with Gasteiger partial charge in [0.05, 0.1) is 0 Å². The van der Waals surface area contributed by atoms with Crippen LogP contribution in [0.1, 0.15) is 56.4 Å². The third kappa shape index (κ3) is 3.59. The molecule has 2 amide bonds. The molecule has 1 aromatic rings. The number of nitrogens with zero attached hydrogens (tertiary/aromatic N) is 2. The molecule has 2 heterocycles. The summed E-state index contributed by atoms with van der Waals surface area (Å²) in [5, 5.41) is 3.15. The van der Waals surface area contributed by atoms with E-state index in [1.54, 1.807) is 23.9 Å². The second kappa shape index (κ2) is 7.69. The number of carbonyl (C=O) groups excluding carboxylic acids is 2. The van der Waals surface area contributed by atoms with Crippen molar-refractivity contribution in [2.45, 2.75) is 46.0 Å². The zero-order valence-corrected chi connectivity index (χ0v) is 17.0. The summed E-state index contributed by atoms with van der Waals surface area (Å²) in [5.74, 6) is 1.69. The van der Waals surface area contributed by atoms with Gasteiger partial charge in [-0.15, -0.1) is 0 Å². The van der Waals surface area contributed by atoms with Gasteiger partial charge in [0, 0.05) is 31.7 Å². The number of aromatic nitrogens is 1. The average Bonchev–Trinajstić information content (AvgIpc) is 2.74. The minimum absolute atomic E-state index is 0.0117. The number of piperidine rings is 1. The Hall–Kier alpha value is -2.17. The molecule has 3 aliphatic carbocycles. The molecule has 0 unspecified atom stereocenters. The zero-order chi connectivity index (χ0) is 19.7. The minimum atomic E-state index is -0.0369. The molecule has 1 aromatic heterocycles. The van der Waals surface area contributed by atoms with Crippen molar-refractivity contribution in [2.75, 3.05) is 19.6 Å². The number of hydrogen-bond donors (Lipinski definition) is 1. The molecule has 5 nitrogen and oxygen atoms in total. The van der Waals surface area contributed by atoms with Gasteiger partial charge in [-0.25, -0.2) is 0 Å². The van der Waals surface area contributed by atoms with Gasteiger partial charge in [-0.2, -0.15) is 0 Å². The molecule has 28 heavy (non-hydrogen) atoms. The van der Waals surface area contributed by atoms with Crippen molar-refractivity contribution in [1.29, 1.82) is 0 Å². The van der Waals surface area contributed by atoms with Gasteiger partial charge < -0.3 is 10.2 Å². The summed E-state index contributed by atoms with van der Waals surface area (Å²) >= 11 is 0. The fourth-order valence-electron chi connectivity index (χ4n) is 5.23. The third-order valence-electron chi connectivity index (χ3n) is 7.33. The second-order valence-corrected chi connectivity index (χ2v) is 9.14. The Morgan fingerprint density at radius 2 is 2.04 bits per heavy atom. The molecule has 1 saturated carbocycles. The maximum absolute atomic E-state index is 12.6. The van der Waals surface area contributed by atoms with Crippen LogP contribution in [-0.2, 0) is 4.79 Å². The van der Waals surface area contributed by atoms with Crippen LogP contribution in [0.2, 0.25) is 0 Å². The molecule has 4 aliphatic rings. The van der Waals surface area contributed by atoms with Crippen molar-refractivity contribution < 1.29 is 9.59 Å². The SMILES string of the molecule is CC1(C)[C@H]2CC=C(CCNC(=O)C3CCN(C(=O)c4ccccn4)CC3)[C@@H]1C2. The van der Waals surface area contributed by atoms with E-state index in [1.165, 1.54) is 12.8 Å². The molecule has 1 N–H and O–H groups in total. The number of carbonyl (C=O) groups is 2. The van der Waals surface area contributed by atoms with Crippen LogP contribution < -0.4 is 5.32 Å². The normalized spacial score (nSPS) is 26.2. The number of likely N-dealkylation sites (tertiary alicyclic amines) is 1. The summed E-state index contributed by atoms with van der Waals surface area (Å²) in [6, 6.07) is 5.38. The summed E-state index contributed by atoms with van der Waals surface area (Å²) in [7, 11) is 0. The summed E-state index contributed by atoms with van der Waals surface area (Å²) in [6.07, 6.45) is 9.02. The average molecular weight is 382 g/mol. The Morgan fingerprint density at radius 1 is 1.25 bits per heavy atom. The van der Waals surface area contributed by atoms with Gasteiger partial charge >= 0.3 is 0 Å². The molecule has 2 fully saturated rings. The Bertz CT molecular complexity index is 763. The first-order valence-electron chi connectivity index (χ1n) is 10.6. The van der Waals surface area contributed by atoms with E-state index in [9.17, 15) is 9.59 Å². The Kier molecular flexibility index (Phi) is 5.26. The van der Waals surface area contributed by atoms with Crippen LogP contribution in [0.4, 0.5) is 0 Å². The van der Waals surface area contributed by atoms with Crippen molar-refractivity contribution in [3.63, 3.8) is 0 Å². The molecule has 0 spiro atoms. The number of fused-ring (bicyclic) bond motifs is 1. The molecule has 5 rings (SSSR count). The lowest BCUT2D eigenvalue weighted by molar-refractivity contribution is -0.126. The first-order chi connectivity index (χ1) is 13.5. The van der Waals surface area contributed by atoms with Crippen LogP contribution in [-0.4, -0.2) is 41.3 Å². The highest BCUT2D eigenvalue weighted by molar-refractivity contribution is 5.92. The van der Waals surface area contributed by atoms with E-state index < -0.39 is 0 Å². The molecule has 0 radical (unpaired) electrons. The van der Waals surface area contributed by atoms with Crippen LogP contribution in [0, 0.1) is 23.2 Å². The van der Waals surface area contributed by atoms with Crippen molar-refractivity contribution >= 4 is 11.8 Å². The van der Waals surface area contributed by atoms with Crippen molar-refractivity contribution in [2.24, 2.45) is 23.2 Å². The minimum Gasteiger partial charge on any atom is -0.356 e. The second-order valence-electron chi connectivity index (χ2n) is 9.14. The van der Waals surface area contributed by atoms with Crippen LogP contribution in [0.3, 0.4) is 0 Å². The number of rotatable bonds is 5. The van der Waals surface area contributed by atoms with Crippen LogP contribution in [0.15, 0.2) is 36.0 Å². The maximum atomic E-state index is 12.6. The molecule has 2 bridgehead atoms. The van der Waals surface area contributed by atoms with Crippen LogP contribution in [0.25, 0.3) is 0 Å². The van der Waals surface area contributed by atoms with Crippen LogP contribution >= 0.6 is 0 Å². The van der Waals surface area contributed by atoms with E-state index in [-0.39, 0.29) is 17.7 Å². The number of pyridine rings is 1. The predicted octanol–water partition coefficient (Wildman–Crippen LogP) is 3.43. The molecule has 2 atom stereocenters. The van der Waals surface area contributed by atoms with Gasteiger partial charge in [-0.1, -0.05) is 31.6 Å². The molecule has 1 saturated heterocycles. The van der Waals surface area contributed by atoms with E-state index in [1.807, 2.05) is 11.0 Å². The number of nitrogens with one attached hydrogen (secondary N) is 1. The predicted molar refractivity (Wildman–Crippen MR) is 109 cm³/mol. The van der Waals surface area contributed by atoms with Crippen molar-refractivity contribution in [1.82, 2.24) is 15.2 Å². The first kappa shape index (κ1) is 19.2. The fraction of sp³-hybridized carbons (Fsp3) is 0.609. The van der Waals surface area contributed by atoms with Crippen molar-refractivity contribution in [3.05, 3.63) is 41.7 Å². The van der Waals surface area contributed by atoms with E-state index in [4.69, 9.17) is 0 Å². The van der Waals surface area contributed by atoms with Gasteiger partial charge in [-0.3, -0.25) is 14.6 Å². The first-order valence-corrected chi connectivity index (χ1v) is 10.6. The molecular weight excluding hydrogens is 350 g/mol. The summed E-state index contributed by atoms with van der Waals surface area (Å²) < 4.78 is 0. The zero-order valence-electron chi connectivity index (χ0n) is 17.0. The smallest absolute Gasteiger partial charge is 0.272 e. The third-order valence-corrected chi connectivity index (χ3v) is 7.33. The quantitative estimate of drug-likeness (QED) is 0.795. The molecule has 1 aliphatic heterocycles. The summed E-state index contributed by atoms with van der Waals surface area (Å²) in [5.41, 5.74) is 2.47. The molecule has 5 heteroatoms. The van der Waals surface area contributed by atoms with Crippen molar-refractivity contribution in [3.8, 4) is 0 Å². The largest absolute Gasteiger partial charge is 0.356 e. The standard InChI is InChI=1S/C23H31N3O2/c1-23(2)18-7-6-16(19(23)15-18)8-12-25-21(27)17-9-13-26(14-10-17)22(28)20-5-3-4-11-24-20/h3-6,11,17-19H,7-10,12-15H2,1-2H3,(H,25,27)/t18-,19-/m0/s1. The van der Waals surface area contributed by atoms with E-state index in [2.05, 4.69) is 30.2 Å². The van der Waals surface area contributed by atoms with E-state index in [0.29, 0.717) is 30.1 Å². The Morgan fingerprint density at radius 3 is 2.68 bits per heavy atom. The number of allylic oxidation sites excluding steroid dienone is 1. The van der Waals surface area contributed by atoms with Gasteiger partial charge in [0.25, 0.3) is 5.91 Å². The van der Waals surface area contributed by atoms with E-state index >= 15 is 0 Å². The Balaban J connectivity index is 1.21. The highest BCUT2D eigenvalue weighted by Gasteiger charge is 2.50. The van der Waals surface area contributed by atoms with Gasteiger partial charge in [-0.05, 0) is 61.5 Å². The number of hydrogen-bond acceptors (Lipinski definition) is 3. The van der Waals surface area contributed by atoms with Gasteiger partial charge in [0.1, 0.15) is 5.69 Å². The monoisotopic (exact) mass is 381 g/mol. The van der Waals surface area contributed by atoms with E-state index in [0.717, 1.165) is 31.7 Å². The molecule has 0 aromatic carbocycles. The number of amides is 2. The fourth-order valence-corrected chi connectivity index (χ4v) is 5.23.